The molecule has 1 aliphatic carbocycles. The number of nitrogens with one attached hydrogen (secondary N) is 1. The van der Waals surface area contributed by atoms with E-state index in [1.54, 1.807) is 6.07 Å². The molecule has 0 spiro atoms. The van der Waals surface area contributed by atoms with Gasteiger partial charge in [-0.3, -0.25) is 0 Å². The molecule has 5 nitrogen and oxygen atoms in total. The molecule has 140 valence electrons. The number of hydrogen-bond donors (Lipinski definition) is 2. The van der Waals surface area contributed by atoms with Crippen LogP contribution < -0.4 is 5.32 Å². The highest BCUT2D eigenvalue weighted by Gasteiger charge is 2.34. The van der Waals surface area contributed by atoms with E-state index in [2.05, 4.69) is 5.32 Å². The van der Waals surface area contributed by atoms with Gasteiger partial charge in [0.15, 0.2) is 6.61 Å². The van der Waals surface area contributed by atoms with Crippen LogP contribution in [0.1, 0.15) is 36.8 Å². The fourth-order valence-electron chi connectivity index (χ4n) is 2.94. The predicted molar refractivity (Wildman–Crippen MR) is 88.3 cm³/mol. The summed E-state index contributed by atoms with van der Waals surface area (Å²) in [6, 6.07) is 5.26. The van der Waals surface area contributed by atoms with E-state index in [1.807, 2.05) is 6.08 Å². The van der Waals surface area contributed by atoms with Gasteiger partial charge in [0.2, 0.25) is 0 Å². The molecule has 0 atom stereocenters. The number of carboxylic acid groups (broad SMARTS) is 1. The molecular formula is C18H19F3N2O3. The van der Waals surface area contributed by atoms with Crippen LogP contribution in [0.3, 0.4) is 0 Å². The van der Waals surface area contributed by atoms with Gasteiger partial charge in [0, 0.05) is 11.7 Å². The maximum atomic E-state index is 13.0. The number of alkyl halides is 3. The van der Waals surface area contributed by atoms with Crippen LogP contribution in [-0.4, -0.2) is 23.7 Å². The van der Waals surface area contributed by atoms with Crippen molar-refractivity contribution in [3.8, 4) is 6.07 Å². The molecule has 1 aliphatic rings. The van der Waals surface area contributed by atoms with Gasteiger partial charge < -0.3 is 15.2 Å². The molecule has 0 aromatic heterocycles. The van der Waals surface area contributed by atoms with Gasteiger partial charge in [-0.2, -0.15) is 18.4 Å². The van der Waals surface area contributed by atoms with E-state index in [0.717, 1.165) is 31.7 Å². The Hall–Kier alpha value is -2.69. The van der Waals surface area contributed by atoms with Crippen molar-refractivity contribution in [2.75, 3.05) is 11.9 Å². The summed E-state index contributed by atoms with van der Waals surface area (Å²) in [7, 11) is 0. The number of rotatable bonds is 6. The Morgan fingerprint density at radius 3 is 2.62 bits per heavy atom. The zero-order valence-corrected chi connectivity index (χ0v) is 13.9. The Balaban J connectivity index is 1.90. The van der Waals surface area contributed by atoms with Crippen molar-refractivity contribution in [3.63, 3.8) is 0 Å². The monoisotopic (exact) mass is 368 g/mol. The molecule has 26 heavy (non-hydrogen) atoms. The second kappa shape index (κ2) is 8.61. The van der Waals surface area contributed by atoms with Crippen LogP contribution in [0.5, 0.6) is 0 Å². The smallest absolute Gasteiger partial charge is 0.417 e. The lowest BCUT2D eigenvalue weighted by molar-refractivity contribution is -0.140. The van der Waals surface area contributed by atoms with Crippen LogP contribution in [0.15, 0.2) is 30.5 Å². The first-order valence-electron chi connectivity index (χ1n) is 8.17. The Labute approximate surface area is 149 Å². The highest BCUT2D eigenvalue weighted by Crippen LogP contribution is 2.34. The number of carbonyl (C=O) groups is 1. The van der Waals surface area contributed by atoms with Crippen molar-refractivity contribution >= 4 is 11.7 Å². The first kappa shape index (κ1) is 19.6. The molecule has 0 heterocycles. The van der Waals surface area contributed by atoms with E-state index < -0.39 is 23.3 Å². The Morgan fingerprint density at radius 1 is 1.35 bits per heavy atom. The van der Waals surface area contributed by atoms with Gasteiger partial charge in [-0.25, -0.2) is 4.79 Å². The average molecular weight is 368 g/mol. The third-order valence-electron chi connectivity index (χ3n) is 4.24. The second-order valence-electron chi connectivity index (χ2n) is 6.16. The zero-order valence-electron chi connectivity index (χ0n) is 13.9. The van der Waals surface area contributed by atoms with Crippen LogP contribution in [0, 0.1) is 17.2 Å². The molecule has 1 fully saturated rings. The molecule has 8 heteroatoms. The summed E-state index contributed by atoms with van der Waals surface area (Å²) in [6.07, 6.45) is 1.84. The fraction of sp³-hybridized carbons (Fsp3) is 0.444. The molecule has 0 radical (unpaired) electrons. The number of halogens is 3. The van der Waals surface area contributed by atoms with Crippen LogP contribution in [0.4, 0.5) is 18.9 Å². The average Bonchev–Trinajstić information content (AvgIpc) is 2.59. The topological polar surface area (TPSA) is 82.3 Å². The van der Waals surface area contributed by atoms with Crippen LogP contribution in [-0.2, 0) is 15.7 Å². The Kier molecular flexibility index (Phi) is 6.50. The van der Waals surface area contributed by atoms with Gasteiger partial charge in [-0.15, -0.1) is 0 Å². The van der Waals surface area contributed by atoms with E-state index >= 15 is 0 Å². The second-order valence-corrected chi connectivity index (χ2v) is 6.16. The summed E-state index contributed by atoms with van der Waals surface area (Å²) in [5, 5.41) is 20.4. The maximum absolute atomic E-state index is 13.0. The first-order valence-corrected chi connectivity index (χ1v) is 8.17. The number of ether oxygens (including phenoxy) is 1. The molecule has 1 aromatic carbocycles. The van der Waals surface area contributed by atoms with Gasteiger partial charge in [-0.1, -0.05) is 0 Å². The normalized spacial score (nSPS) is 20.5. The van der Waals surface area contributed by atoms with Crippen LogP contribution >= 0.6 is 0 Å². The molecule has 1 aromatic rings. The molecule has 0 saturated heterocycles. The number of allylic oxidation sites excluding steroid dienone is 1. The van der Waals surface area contributed by atoms with E-state index in [1.165, 1.54) is 18.4 Å². The third kappa shape index (κ3) is 5.69. The highest BCUT2D eigenvalue weighted by molar-refractivity contribution is 5.68. The van der Waals surface area contributed by atoms with Gasteiger partial charge in [0.25, 0.3) is 0 Å². The van der Waals surface area contributed by atoms with Crippen LogP contribution in [0.2, 0.25) is 0 Å². The number of benzene rings is 1. The van der Waals surface area contributed by atoms with Crippen molar-refractivity contribution in [1.29, 1.82) is 5.26 Å². The highest BCUT2D eigenvalue weighted by atomic mass is 19.4. The molecule has 0 bridgehead atoms. The third-order valence-corrected chi connectivity index (χ3v) is 4.24. The SMILES string of the molecule is N#Cc1ccc(NC2CCC(/C=C/OCC(=O)O)CC2)cc1C(F)(F)F. The number of aliphatic carboxylic acids is 1. The molecule has 1 saturated carbocycles. The van der Waals surface area contributed by atoms with E-state index in [4.69, 9.17) is 15.1 Å². The Bertz CT molecular complexity index is 703. The van der Waals surface area contributed by atoms with Crippen molar-refractivity contribution in [1.82, 2.24) is 0 Å². The van der Waals surface area contributed by atoms with Crippen molar-refractivity contribution in [3.05, 3.63) is 41.7 Å². The zero-order chi connectivity index (χ0) is 19.2. The number of nitriles is 1. The van der Waals surface area contributed by atoms with Gasteiger partial charge >= 0.3 is 12.1 Å². The van der Waals surface area contributed by atoms with E-state index in [0.29, 0.717) is 5.69 Å². The largest absolute Gasteiger partial charge is 0.490 e. The van der Waals surface area contributed by atoms with Crippen molar-refractivity contribution in [2.24, 2.45) is 5.92 Å². The first-order chi connectivity index (χ1) is 12.3. The number of anilines is 1. The quantitative estimate of drug-likeness (QED) is 0.737. The summed E-state index contributed by atoms with van der Waals surface area (Å²) in [5.41, 5.74) is -0.976. The minimum atomic E-state index is -4.57. The lowest BCUT2D eigenvalue weighted by Gasteiger charge is -2.28. The van der Waals surface area contributed by atoms with Crippen molar-refractivity contribution < 1.29 is 27.8 Å². The molecule has 0 aliphatic heterocycles. The van der Waals surface area contributed by atoms with E-state index in [9.17, 15) is 18.0 Å². The Morgan fingerprint density at radius 2 is 2.04 bits per heavy atom. The summed E-state index contributed by atoms with van der Waals surface area (Å²) >= 11 is 0. The molecule has 0 unspecified atom stereocenters. The van der Waals surface area contributed by atoms with E-state index in [-0.39, 0.29) is 18.6 Å². The van der Waals surface area contributed by atoms with Crippen LogP contribution in [0.25, 0.3) is 0 Å². The lowest BCUT2D eigenvalue weighted by atomic mass is 9.86. The van der Waals surface area contributed by atoms with Crippen molar-refractivity contribution in [2.45, 2.75) is 37.9 Å². The van der Waals surface area contributed by atoms with Gasteiger partial charge in [0.1, 0.15) is 0 Å². The molecule has 0 amide bonds. The fourth-order valence-corrected chi connectivity index (χ4v) is 2.94. The molecule has 2 rings (SSSR count). The summed E-state index contributed by atoms with van der Waals surface area (Å²) in [4.78, 5) is 10.3. The summed E-state index contributed by atoms with van der Waals surface area (Å²) in [6.45, 7) is -0.381. The lowest BCUT2D eigenvalue weighted by Crippen LogP contribution is -2.25. The minimum absolute atomic E-state index is 0.0496. The van der Waals surface area contributed by atoms with Gasteiger partial charge in [-0.05, 0) is 55.9 Å². The summed E-state index contributed by atoms with van der Waals surface area (Å²) in [5.74, 6) is -0.781. The molecule has 2 N–H and O–H groups in total. The standard InChI is InChI=1S/C18H19F3N2O3/c19-18(20,21)16-9-15(6-3-13(16)10-22)23-14-4-1-12(2-5-14)7-8-26-11-17(24)25/h3,6-9,12,14,23H,1-2,4-5,11H2,(H,24,25)/b8-7+. The number of nitrogens with zero attached hydrogens (tertiary/aromatic N) is 1. The van der Waals surface area contributed by atoms with Gasteiger partial charge in [0.05, 0.1) is 23.5 Å². The maximum Gasteiger partial charge on any atom is 0.417 e. The summed E-state index contributed by atoms with van der Waals surface area (Å²) < 4.78 is 43.9. The number of hydrogen-bond acceptors (Lipinski definition) is 4. The molecular weight excluding hydrogens is 349 g/mol. The number of carboxylic acids is 1. The predicted octanol–water partition coefficient (Wildman–Crippen LogP) is 4.16. The minimum Gasteiger partial charge on any atom is -0.490 e.